The van der Waals surface area contributed by atoms with Crippen molar-refractivity contribution in [1.82, 2.24) is 0 Å². The zero-order valence-electron chi connectivity index (χ0n) is 10.9. The molecule has 0 unspecified atom stereocenters. The Morgan fingerprint density at radius 2 is 2.20 bits per heavy atom. The molecule has 0 aliphatic carbocycles. The molecule has 1 saturated heterocycles. The van der Waals surface area contributed by atoms with Crippen LogP contribution in [0.1, 0.15) is 18.6 Å². The Labute approximate surface area is 131 Å². The van der Waals surface area contributed by atoms with Crippen LogP contribution in [0.5, 0.6) is 0 Å². The second-order valence-electron chi connectivity index (χ2n) is 4.76. The third-order valence-electron chi connectivity index (χ3n) is 3.33. The normalized spacial score (nSPS) is 14.8. The summed E-state index contributed by atoms with van der Waals surface area (Å²) in [6, 6.07) is 11.9. The van der Waals surface area contributed by atoms with Crippen LogP contribution >= 0.6 is 22.6 Å². The van der Waals surface area contributed by atoms with Gasteiger partial charge in [-0.1, -0.05) is 6.07 Å². The van der Waals surface area contributed by atoms with Gasteiger partial charge in [0, 0.05) is 24.3 Å². The first-order valence-corrected chi connectivity index (χ1v) is 7.69. The Morgan fingerprint density at radius 3 is 2.90 bits per heavy atom. The highest BCUT2D eigenvalue weighted by atomic mass is 127. The SMILES string of the molecule is O=C1CCCN1c1cccc(NCc2ccc(I)o2)c1. The Morgan fingerprint density at radius 1 is 1.30 bits per heavy atom. The zero-order chi connectivity index (χ0) is 13.9. The van der Waals surface area contributed by atoms with Gasteiger partial charge in [-0.25, -0.2) is 0 Å². The molecule has 1 amide bonds. The molecule has 0 spiro atoms. The van der Waals surface area contributed by atoms with Gasteiger partial charge in [0.1, 0.15) is 5.76 Å². The average molecular weight is 382 g/mol. The summed E-state index contributed by atoms with van der Waals surface area (Å²) in [6.07, 6.45) is 1.60. The maximum absolute atomic E-state index is 11.8. The molecular weight excluding hydrogens is 367 g/mol. The van der Waals surface area contributed by atoms with E-state index in [4.69, 9.17) is 4.42 Å². The molecule has 5 heteroatoms. The number of hydrogen-bond donors (Lipinski definition) is 1. The first kappa shape index (κ1) is 13.5. The molecule has 1 aromatic heterocycles. The van der Waals surface area contributed by atoms with Crippen molar-refractivity contribution >= 4 is 39.9 Å². The van der Waals surface area contributed by atoms with Crippen molar-refractivity contribution in [2.45, 2.75) is 19.4 Å². The lowest BCUT2D eigenvalue weighted by Crippen LogP contribution is -2.23. The van der Waals surface area contributed by atoms with Gasteiger partial charge in [0.2, 0.25) is 5.91 Å². The molecule has 1 aliphatic rings. The summed E-state index contributed by atoms with van der Waals surface area (Å²) in [5.41, 5.74) is 1.96. The topological polar surface area (TPSA) is 45.5 Å². The van der Waals surface area contributed by atoms with Crippen LogP contribution in [0.25, 0.3) is 0 Å². The monoisotopic (exact) mass is 382 g/mol. The van der Waals surface area contributed by atoms with Crippen LogP contribution in [0, 0.1) is 3.77 Å². The summed E-state index contributed by atoms with van der Waals surface area (Å²) in [4.78, 5) is 13.6. The van der Waals surface area contributed by atoms with E-state index in [0.717, 1.165) is 33.9 Å². The van der Waals surface area contributed by atoms with Gasteiger partial charge in [-0.15, -0.1) is 0 Å². The molecule has 1 fully saturated rings. The van der Waals surface area contributed by atoms with Crippen molar-refractivity contribution < 1.29 is 9.21 Å². The van der Waals surface area contributed by atoms with Crippen molar-refractivity contribution in [3.63, 3.8) is 0 Å². The van der Waals surface area contributed by atoms with Crippen molar-refractivity contribution in [3.8, 4) is 0 Å². The van der Waals surface area contributed by atoms with E-state index >= 15 is 0 Å². The largest absolute Gasteiger partial charge is 0.454 e. The minimum Gasteiger partial charge on any atom is -0.454 e. The van der Waals surface area contributed by atoms with Crippen molar-refractivity contribution in [1.29, 1.82) is 0 Å². The lowest BCUT2D eigenvalue weighted by molar-refractivity contribution is -0.117. The van der Waals surface area contributed by atoms with E-state index in [0.29, 0.717) is 13.0 Å². The predicted octanol–water partition coefficient (Wildman–Crippen LogP) is 3.62. The quantitative estimate of drug-likeness (QED) is 0.822. The third kappa shape index (κ3) is 2.98. The fourth-order valence-corrected chi connectivity index (χ4v) is 2.80. The lowest BCUT2D eigenvalue weighted by atomic mass is 10.2. The highest BCUT2D eigenvalue weighted by molar-refractivity contribution is 14.1. The molecule has 1 N–H and O–H groups in total. The molecule has 20 heavy (non-hydrogen) atoms. The molecule has 2 aromatic rings. The fourth-order valence-electron chi connectivity index (χ4n) is 2.34. The highest BCUT2D eigenvalue weighted by Crippen LogP contribution is 2.24. The van der Waals surface area contributed by atoms with Gasteiger partial charge in [0.05, 0.1) is 6.54 Å². The number of carbonyl (C=O) groups excluding carboxylic acids is 1. The zero-order valence-corrected chi connectivity index (χ0v) is 13.1. The fraction of sp³-hybridized carbons (Fsp3) is 0.267. The molecule has 1 aliphatic heterocycles. The summed E-state index contributed by atoms with van der Waals surface area (Å²) in [7, 11) is 0. The van der Waals surface area contributed by atoms with Crippen LogP contribution < -0.4 is 10.2 Å². The second-order valence-corrected chi connectivity index (χ2v) is 5.82. The van der Waals surface area contributed by atoms with E-state index in [1.165, 1.54) is 0 Å². The molecule has 0 radical (unpaired) electrons. The van der Waals surface area contributed by atoms with E-state index in [1.807, 2.05) is 41.3 Å². The molecule has 0 atom stereocenters. The minimum absolute atomic E-state index is 0.211. The first-order valence-electron chi connectivity index (χ1n) is 6.61. The molecule has 0 saturated carbocycles. The lowest BCUT2D eigenvalue weighted by Gasteiger charge is -2.16. The summed E-state index contributed by atoms with van der Waals surface area (Å²) < 4.78 is 6.40. The third-order valence-corrected chi connectivity index (χ3v) is 3.91. The van der Waals surface area contributed by atoms with E-state index in [2.05, 4.69) is 27.9 Å². The number of hydrogen-bond acceptors (Lipinski definition) is 3. The predicted molar refractivity (Wildman–Crippen MR) is 86.8 cm³/mol. The number of rotatable bonds is 4. The van der Waals surface area contributed by atoms with Crippen LogP contribution in [-0.2, 0) is 11.3 Å². The summed E-state index contributed by atoms with van der Waals surface area (Å²) in [5, 5.41) is 3.32. The average Bonchev–Trinajstić information content (AvgIpc) is 3.05. The molecule has 3 rings (SSSR count). The van der Waals surface area contributed by atoms with Gasteiger partial charge in [0.15, 0.2) is 3.77 Å². The van der Waals surface area contributed by atoms with Crippen molar-refractivity contribution in [3.05, 3.63) is 45.9 Å². The summed E-state index contributed by atoms with van der Waals surface area (Å²) >= 11 is 2.15. The number of halogens is 1. The maximum Gasteiger partial charge on any atom is 0.227 e. The Kier molecular flexibility index (Phi) is 3.95. The number of furan rings is 1. The Balaban J connectivity index is 1.69. The molecule has 1 aromatic carbocycles. The first-order chi connectivity index (χ1) is 9.72. The minimum atomic E-state index is 0.211. The van der Waals surface area contributed by atoms with E-state index in [9.17, 15) is 4.79 Å². The smallest absolute Gasteiger partial charge is 0.227 e. The molecule has 104 valence electrons. The summed E-state index contributed by atoms with van der Waals surface area (Å²) in [6.45, 7) is 1.46. The standard InChI is InChI=1S/C15H15IN2O2/c16-14-7-6-13(20-14)10-17-11-3-1-4-12(9-11)18-8-2-5-15(18)19/h1,3-4,6-7,9,17H,2,5,8,10H2. The van der Waals surface area contributed by atoms with Crippen LogP contribution in [0.2, 0.25) is 0 Å². The Hall–Kier alpha value is -1.50. The number of carbonyl (C=O) groups is 1. The van der Waals surface area contributed by atoms with Crippen molar-refractivity contribution in [2.24, 2.45) is 0 Å². The van der Waals surface area contributed by atoms with E-state index in [1.54, 1.807) is 0 Å². The van der Waals surface area contributed by atoms with Crippen LogP contribution in [0.3, 0.4) is 0 Å². The van der Waals surface area contributed by atoms with Gasteiger partial charge in [-0.05, 0) is 59.3 Å². The van der Waals surface area contributed by atoms with Crippen molar-refractivity contribution in [2.75, 3.05) is 16.8 Å². The van der Waals surface area contributed by atoms with Gasteiger partial charge in [-0.2, -0.15) is 0 Å². The maximum atomic E-state index is 11.8. The molecular formula is C15H15IN2O2. The number of benzene rings is 1. The second kappa shape index (κ2) is 5.87. The summed E-state index contributed by atoms with van der Waals surface area (Å²) in [5.74, 6) is 1.11. The van der Waals surface area contributed by atoms with Crippen LogP contribution in [0.15, 0.2) is 40.8 Å². The molecule has 2 heterocycles. The number of nitrogens with one attached hydrogen (secondary N) is 1. The molecule has 0 bridgehead atoms. The van der Waals surface area contributed by atoms with E-state index < -0.39 is 0 Å². The van der Waals surface area contributed by atoms with Gasteiger partial charge in [-0.3, -0.25) is 4.79 Å². The number of anilines is 2. The van der Waals surface area contributed by atoms with E-state index in [-0.39, 0.29) is 5.91 Å². The van der Waals surface area contributed by atoms with Crippen LogP contribution in [0.4, 0.5) is 11.4 Å². The number of nitrogens with zero attached hydrogens (tertiary/aromatic N) is 1. The van der Waals surface area contributed by atoms with Crippen LogP contribution in [-0.4, -0.2) is 12.5 Å². The number of amides is 1. The van der Waals surface area contributed by atoms with Gasteiger partial charge < -0.3 is 14.6 Å². The van der Waals surface area contributed by atoms with Gasteiger partial charge in [0.25, 0.3) is 0 Å². The molecule has 4 nitrogen and oxygen atoms in total. The highest BCUT2D eigenvalue weighted by Gasteiger charge is 2.21. The Bertz CT molecular complexity index is 624. The van der Waals surface area contributed by atoms with Gasteiger partial charge >= 0.3 is 0 Å².